The molecule has 2 aromatic rings. The highest BCUT2D eigenvalue weighted by Crippen LogP contribution is 2.49. The van der Waals surface area contributed by atoms with Crippen LogP contribution in [-0.4, -0.2) is 32.2 Å². The number of pyridine rings is 1. The zero-order valence-electron chi connectivity index (χ0n) is 12.9. The Morgan fingerprint density at radius 1 is 1.30 bits per heavy atom. The topological polar surface area (TPSA) is 93.7 Å². The van der Waals surface area contributed by atoms with Gasteiger partial charge in [-0.15, -0.1) is 0 Å². The van der Waals surface area contributed by atoms with Crippen LogP contribution < -0.4 is 25.6 Å². The van der Waals surface area contributed by atoms with Gasteiger partial charge < -0.3 is 20.1 Å². The van der Waals surface area contributed by atoms with Crippen molar-refractivity contribution in [2.24, 2.45) is 0 Å². The first-order chi connectivity index (χ1) is 11.2. The van der Waals surface area contributed by atoms with Gasteiger partial charge in [0, 0.05) is 13.2 Å². The highest BCUT2D eigenvalue weighted by molar-refractivity contribution is 6.03. The average Bonchev–Trinajstić information content (AvgIpc) is 2.59. The Morgan fingerprint density at radius 2 is 2.13 bits per heavy atom. The van der Waals surface area contributed by atoms with Gasteiger partial charge in [-0.1, -0.05) is 6.07 Å². The number of rotatable bonds is 4. The minimum atomic E-state index is -0.285. The van der Waals surface area contributed by atoms with E-state index in [0.717, 1.165) is 0 Å². The fourth-order valence-electron chi connectivity index (χ4n) is 2.32. The third kappa shape index (κ3) is 2.49. The summed E-state index contributed by atoms with van der Waals surface area (Å²) < 4.78 is 11.2. The Kier molecular flexibility index (Phi) is 3.90. The van der Waals surface area contributed by atoms with Gasteiger partial charge in [-0.2, -0.15) is 0 Å². The second-order valence-electron chi connectivity index (χ2n) is 4.67. The van der Waals surface area contributed by atoms with Crippen LogP contribution in [0.15, 0.2) is 24.4 Å². The molecule has 23 heavy (non-hydrogen) atoms. The number of nitrogens with one attached hydrogen (secondary N) is 3. The first-order valence-corrected chi connectivity index (χ1v) is 6.85. The maximum absolute atomic E-state index is 12.1. The number of anilines is 3. The fraction of sp³-hybridized carbons (Fsp3) is 0.200. The van der Waals surface area contributed by atoms with Gasteiger partial charge in [-0.3, -0.25) is 9.63 Å². The molecule has 0 bridgehead atoms. The molecule has 0 aliphatic carbocycles. The lowest BCUT2D eigenvalue weighted by atomic mass is 10.1. The second-order valence-corrected chi connectivity index (χ2v) is 4.67. The molecule has 0 saturated carbocycles. The molecule has 0 fully saturated rings. The molecular formula is C15H16N4O4. The number of para-hydroxylation sites is 1. The molecule has 1 aliphatic rings. The van der Waals surface area contributed by atoms with Crippen LogP contribution in [0.5, 0.6) is 17.2 Å². The Balaban J connectivity index is 2.16. The highest BCUT2D eigenvalue weighted by atomic mass is 16.6. The van der Waals surface area contributed by atoms with Gasteiger partial charge in [0.2, 0.25) is 0 Å². The molecule has 120 valence electrons. The molecule has 0 spiro atoms. The lowest BCUT2D eigenvalue weighted by molar-refractivity contribution is 0.0963. The van der Waals surface area contributed by atoms with Gasteiger partial charge >= 0.3 is 0 Å². The molecule has 1 aromatic carbocycles. The molecule has 2 heterocycles. The molecule has 0 saturated heterocycles. The third-order valence-electron chi connectivity index (χ3n) is 3.37. The molecule has 1 aliphatic heterocycles. The van der Waals surface area contributed by atoms with E-state index in [1.807, 2.05) is 6.07 Å². The molecule has 0 unspecified atom stereocenters. The minimum absolute atomic E-state index is 0.285. The third-order valence-corrected chi connectivity index (χ3v) is 3.37. The van der Waals surface area contributed by atoms with Crippen LogP contribution in [0.2, 0.25) is 0 Å². The summed E-state index contributed by atoms with van der Waals surface area (Å²) in [5, 5.41) is 5.77. The zero-order valence-corrected chi connectivity index (χ0v) is 12.9. The van der Waals surface area contributed by atoms with Crippen LogP contribution in [0, 0.1) is 0 Å². The van der Waals surface area contributed by atoms with E-state index in [1.165, 1.54) is 13.3 Å². The lowest BCUT2D eigenvalue weighted by Crippen LogP contribution is -2.21. The molecule has 1 amide bonds. The van der Waals surface area contributed by atoms with Crippen LogP contribution in [0.4, 0.5) is 17.2 Å². The van der Waals surface area contributed by atoms with Crippen LogP contribution in [0.3, 0.4) is 0 Å². The smallest absolute Gasteiger partial charge is 0.254 e. The Labute approximate surface area is 132 Å². The summed E-state index contributed by atoms with van der Waals surface area (Å²) in [5.41, 5.74) is 4.11. The number of benzene rings is 1. The van der Waals surface area contributed by atoms with E-state index >= 15 is 0 Å². The summed E-state index contributed by atoms with van der Waals surface area (Å²) in [5.74, 6) is 1.61. The van der Waals surface area contributed by atoms with Gasteiger partial charge in [0.25, 0.3) is 5.91 Å². The number of aromatic nitrogens is 1. The van der Waals surface area contributed by atoms with Gasteiger partial charge in [0.1, 0.15) is 17.1 Å². The van der Waals surface area contributed by atoms with Crippen LogP contribution >= 0.6 is 0 Å². The number of ether oxygens (including phenoxy) is 2. The van der Waals surface area contributed by atoms with Crippen molar-refractivity contribution >= 4 is 23.1 Å². The standard InChI is InChI=1S/C15H16N4O4/c1-16-15(20)8-7-17-14(19-22-3)13-11(8)18-12-9(21-2)5-4-6-10(12)23-13/h4-7,18H,1-3H3,(H,16,20)(H,17,19). The van der Waals surface area contributed by atoms with E-state index in [2.05, 4.69) is 21.1 Å². The lowest BCUT2D eigenvalue weighted by Gasteiger charge is -2.26. The minimum Gasteiger partial charge on any atom is -0.494 e. The van der Waals surface area contributed by atoms with Crippen molar-refractivity contribution in [2.45, 2.75) is 0 Å². The monoisotopic (exact) mass is 316 g/mol. The van der Waals surface area contributed by atoms with E-state index in [0.29, 0.717) is 40.0 Å². The molecule has 0 atom stereocenters. The van der Waals surface area contributed by atoms with Gasteiger partial charge in [0.15, 0.2) is 17.3 Å². The Hall–Kier alpha value is -3.00. The number of carbonyl (C=O) groups excluding carboxylic acids is 1. The van der Waals surface area contributed by atoms with Gasteiger partial charge in [0.05, 0.1) is 19.8 Å². The molecule has 1 aromatic heterocycles. The summed E-state index contributed by atoms with van der Waals surface area (Å²) in [4.78, 5) is 21.2. The summed E-state index contributed by atoms with van der Waals surface area (Å²) >= 11 is 0. The van der Waals surface area contributed by atoms with Crippen LogP contribution in [0.1, 0.15) is 10.4 Å². The first kappa shape index (κ1) is 14.9. The summed E-state index contributed by atoms with van der Waals surface area (Å²) in [6.45, 7) is 0. The summed E-state index contributed by atoms with van der Waals surface area (Å²) in [6.07, 6.45) is 1.44. The number of carbonyl (C=O) groups is 1. The van der Waals surface area contributed by atoms with Crippen LogP contribution in [0.25, 0.3) is 0 Å². The number of fused-ring (bicyclic) bond motifs is 2. The largest absolute Gasteiger partial charge is 0.494 e. The number of methoxy groups -OCH3 is 1. The van der Waals surface area contributed by atoms with Crippen molar-refractivity contribution in [3.8, 4) is 17.2 Å². The quantitative estimate of drug-likeness (QED) is 0.636. The normalized spacial score (nSPS) is 11.4. The highest BCUT2D eigenvalue weighted by Gasteiger charge is 2.28. The van der Waals surface area contributed by atoms with Crippen molar-refractivity contribution in [1.29, 1.82) is 0 Å². The molecule has 8 heteroatoms. The van der Waals surface area contributed by atoms with Gasteiger partial charge in [-0.05, 0) is 12.1 Å². The van der Waals surface area contributed by atoms with Crippen molar-refractivity contribution in [3.05, 3.63) is 30.0 Å². The Bertz CT molecular complexity index is 763. The summed E-state index contributed by atoms with van der Waals surface area (Å²) in [7, 11) is 4.58. The van der Waals surface area contributed by atoms with Crippen LogP contribution in [-0.2, 0) is 4.84 Å². The molecule has 3 N–H and O–H groups in total. The number of nitrogens with zero attached hydrogens (tertiary/aromatic N) is 1. The number of hydrogen-bond acceptors (Lipinski definition) is 7. The molecular weight excluding hydrogens is 300 g/mol. The predicted octanol–water partition coefficient (Wildman–Crippen LogP) is 2.27. The summed E-state index contributed by atoms with van der Waals surface area (Å²) in [6, 6.07) is 5.40. The maximum Gasteiger partial charge on any atom is 0.254 e. The predicted molar refractivity (Wildman–Crippen MR) is 84.6 cm³/mol. The molecule has 3 rings (SSSR count). The fourth-order valence-corrected chi connectivity index (χ4v) is 2.32. The van der Waals surface area contributed by atoms with E-state index in [9.17, 15) is 4.79 Å². The van der Waals surface area contributed by atoms with E-state index in [4.69, 9.17) is 14.3 Å². The maximum atomic E-state index is 12.1. The first-order valence-electron chi connectivity index (χ1n) is 6.85. The van der Waals surface area contributed by atoms with E-state index < -0.39 is 0 Å². The second kappa shape index (κ2) is 6.01. The van der Waals surface area contributed by atoms with E-state index in [1.54, 1.807) is 26.3 Å². The van der Waals surface area contributed by atoms with E-state index in [-0.39, 0.29) is 5.91 Å². The SMILES string of the molecule is CNC(=O)c1cnc(NOC)c2c1Nc1c(OC)cccc1O2. The van der Waals surface area contributed by atoms with Crippen molar-refractivity contribution < 1.29 is 19.1 Å². The van der Waals surface area contributed by atoms with Gasteiger partial charge in [-0.25, -0.2) is 10.5 Å². The zero-order chi connectivity index (χ0) is 16.4. The number of amides is 1. The number of hydrogen-bond donors (Lipinski definition) is 3. The average molecular weight is 316 g/mol. The molecule has 0 radical (unpaired) electrons. The Morgan fingerprint density at radius 3 is 2.83 bits per heavy atom. The molecule has 8 nitrogen and oxygen atoms in total. The van der Waals surface area contributed by atoms with Crippen molar-refractivity contribution in [3.63, 3.8) is 0 Å². The van der Waals surface area contributed by atoms with Crippen molar-refractivity contribution in [1.82, 2.24) is 10.3 Å². The van der Waals surface area contributed by atoms with Crippen molar-refractivity contribution in [2.75, 3.05) is 32.1 Å².